The standard InChI is InChI=1S/C12H27N3O/c1-12(2,11-16-4)13-5-6-15-9-7-14(3)8-10-15/h13H,5-11H2,1-4H3. The van der Waals surface area contributed by atoms with Gasteiger partial charge in [0.2, 0.25) is 0 Å². The van der Waals surface area contributed by atoms with Crippen LogP contribution in [0.2, 0.25) is 0 Å². The van der Waals surface area contributed by atoms with Crippen molar-refractivity contribution in [1.29, 1.82) is 0 Å². The number of nitrogens with zero attached hydrogens (tertiary/aromatic N) is 2. The van der Waals surface area contributed by atoms with Gasteiger partial charge >= 0.3 is 0 Å². The zero-order valence-corrected chi connectivity index (χ0v) is 11.3. The highest BCUT2D eigenvalue weighted by molar-refractivity contribution is 4.78. The third kappa shape index (κ3) is 5.25. The van der Waals surface area contributed by atoms with Gasteiger partial charge in [0.05, 0.1) is 6.61 Å². The first-order chi connectivity index (χ1) is 7.53. The molecule has 16 heavy (non-hydrogen) atoms. The fraction of sp³-hybridized carbons (Fsp3) is 1.00. The quantitative estimate of drug-likeness (QED) is 0.706. The molecule has 1 saturated heterocycles. The van der Waals surface area contributed by atoms with E-state index < -0.39 is 0 Å². The molecule has 1 fully saturated rings. The lowest BCUT2D eigenvalue weighted by molar-refractivity contribution is 0.118. The van der Waals surface area contributed by atoms with Gasteiger partial charge < -0.3 is 15.0 Å². The molecule has 0 aromatic heterocycles. The van der Waals surface area contributed by atoms with E-state index in [1.165, 1.54) is 26.2 Å². The molecule has 0 amide bonds. The molecule has 1 aliphatic heterocycles. The first-order valence-electron chi connectivity index (χ1n) is 6.18. The topological polar surface area (TPSA) is 27.7 Å². The summed E-state index contributed by atoms with van der Waals surface area (Å²) in [4.78, 5) is 4.91. The van der Waals surface area contributed by atoms with Crippen molar-refractivity contribution in [3.05, 3.63) is 0 Å². The van der Waals surface area contributed by atoms with Crippen LogP contribution in [0.5, 0.6) is 0 Å². The van der Waals surface area contributed by atoms with Crippen LogP contribution in [0.15, 0.2) is 0 Å². The van der Waals surface area contributed by atoms with Crippen molar-refractivity contribution >= 4 is 0 Å². The molecule has 1 heterocycles. The van der Waals surface area contributed by atoms with E-state index in [-0.39, 0.29) is 5.54 Å². The second kappa shape index (κ2) is 6.55. The Morgan fingerprint density at radius 3 is 2.38 bits per heavy atom. The summed E-state index contributed by atoms with van der Waals surface area (Å²) in [5.74, 6) is 0. The molecule has 1 N–H and O–H groups in total. The van der Waals surface area contributed by atoms with Crippen molar-refractivity contribution in [2.45, 2.75) is 19.4 Å². The summed E-state index contributed by atoms with van der Waals surface area (Å²) in [5, 5.41) is 3.54. The highest BCUT2D eigenvalue weighted by Gasteiger charge is 2.18. The lowest BCUT2D eigenvalue weighted by Gasteiger charge is -2.33. The fourth-order valence-electron chi connectivity index (χ4n) is 2.04. The predicted octanol–water partition coefficient (Wildman–Crippen LogP) is 0.248. The Balaban J connectivity index is 2.11. The third-order valence-electron chi connectivity index (χ3n) is 3.13. The number of ether oxygens (including phenoxy) is 1. The van der Waals surface area contributed by atoms with Crippen LogP contribution in [0.3, 0.4) is 0 Å². The van der Waals surface area contributed by atoms with Gasteiger partial charge in [0.15, 0.2) is 0 Å². The van der Waals surface area contributed by atoms with Crippen LogP contribution in [-0.2, 0) is 4.74 Å². The summed E-state index contributed by atoms with van der Waals surface area (Å²) < 4.78 is 5.18. The lowest BCUT2D eigenvalue weighted by atomic mass is 10.1. The molecule has 0 aromatic rings. The Kier molecular flexibility index (Phi) is 5.69. The summed E-state index contributed by atoms with van der Waals surface area (Å²) in [5.41, 5.74) is 0.0847. The molecule has 1 aliphatic rings. The van der Waals surface area contributed by atoms with Crippen molar-refractivity contribution in [2.24, 2.45) is 0 Å². The average Bonchev–Trinajstić information content (AvgIpc) is 2.20. The van der Waals surface area contributed by atoms with Crippen LogP contribution in [0, 0.1) is 0 Å². The molecule has 0 bridgehead atoms. The van der Waals surface area contributed by atoms with E-state index in [0.717, 1.165) is 19.7 Å². The Bertz CT molecular complexity index is 189. The summed E-state index contributed by atoms with van der Waals surface area (Å²) >= 11 is 0. The number of likely N-dealkylation sites (N-methyl/N-ethyl adjacent to an activating group) is 1. The molecule has 4 nitrogen and oxygen atoms in total. The largest absolute Gasteiger partial charge is 0.383 e. The van der Waals surface area contributed by atoms with Gasteiger partial charge in [-0.2, -0.15) is 0 Å². The van der Waals surface area contributed by atoms with Crippen LogP contribution in [0.1, 0.15) is 13.8 Å². The Morgan fingerprint density at radius 1 is 1.19 bits per heavy atom. The van der Waals surface area contributed by atoms with Gasteiger partial charge in [-0.05, 0) is 20.9 Å². The molecule has 0 radical (unpaired) electrons. The SMILES string of the molecule is COCC(C)(C)NCCN1CCN(C)CC1. The summed E-state index contributed by atoms with van der Waals surface area (Å²) in [6.07, 6.45) is 0. The van der Waals surface area contributed by atoms with Crippen molar-refractivity contribution in [2.75, 3.05) is 60.0 Å². The van der Waals surface area contributed by atoms with Gasteiger partial charge in [0.25, 0.3) is 0 Å². The monoisotopic (exact) mass is 229 g/mol. The Labute approximate surface area is 99.9 Å². The Morgan fingerprint density at radius 2 is 1.81 bits per heavy atom. The predicted molar refractivity (Wildman–Crippen MR) is 67.9 cm³/mol. The molecular weight excluding hydrogens is 202 g/mol. The average molecular weight is 229 g/mol. The van der Waals surface area contributed by atoms with E-state index in [1.54, 1.807) is 7.11 Å². The van der Waals surface area contributed by atoms with Crippen LogP contribution >= 0.6 is 0 Å². The summed E-state index contributed by atoms with van der Waals surface area (Å²) in [6.45, 7) is 12.1. The third-order valence-corrected chi connectivity index (χ3v) is 3.13. The van der Waals surface area contributed by atoms with E-state index in [4.69, 9.17) is 4.74 Å². The van der Waals surface area contributed by atoms with Crippen molar-refractivity contribution < 1.29 is 4.74 Å². The number of rotatable bonds is 6. The van der Waals surface area contributed by atoms with Crippen molar-refractivity contribution in [1.82, 2.24) is 15.1 Å². The minimum atomic E-state index is 0.0847. The zero-order chi connectivity index (χ0) is 12.0. The number of hydrogen-bond donors (Lipinski definition) is 1. The maximum atomic E-state index is 5.18. The fourth-order valence-corrected chi connectivity index (χ4v) is 2.04. The molecular formula is C12H27N3O. The van der Waals surface area contributed by atoms with E-state index in [2.05, 4.69) is 36.0 Å². The number of nitrogens with one attached hydrogen (secondary N) is 1. The maximum absolute atomic E-state index is 5.18. The molecule has 0 unspecified atom stereocenters. The lowest BCUT2D eigenvalue weighted by Crippen LogP contribution is -2.50. The second-order valence-electron chi connectivity index (χ2n) is 5.39. The number of hydrogen-bond acceptors (Lipinski definition) is 4. The first-order valence-corrected chi connectivity index (χ1v) is 6.18. The van der Waals surface area contributed by atoms with E-state index in [9.17, 15) is 0 Å². The second-order valence-corrected chi connectivity index (χ2v) is 5.39. The molecule has 96 valence electrons. The maximum Gasteiger partial charge on any atom is 0.0639 e. The molecule has 0 spiro atoms. The van der Waals surface area contributed by atoms with E-state index in [1.807, 2.05) is 0 Å². The zero-order valence-electron chi connectivity index (χ0n) is 11.3. The molecule has 0 atom stereocenters. The van der Waals surface area contributed by atoms with Gasteiger partial charge in [0, 0.05) is 51.9 Å². The smallest absolute Gasteiger partial charge is 0.0639 e. The van der Waals surface area contributed by atoms with Crippen LogP contribution in [-0.4, -0.2) is 75.4 Å². The minimum Gasteiger partial charge on any atom is -0.383 e. The highest BCUT2D eigenvalue weighted by atomic mass is 16.5. The number of methoxy groups -OCH3 is 1. The van der Waals surface area contributed by atoms with Gasteiger partial charge in [-0.3, -0.25) is 4.90 Å². The van der Waals surface area contributed by atoms with Crippen LogP contribution < -0.4 is 5.32 Å². The van der Waals surface area contributed by atoms with Crippen LogP contribution in [0.25, 0.3) is 0 Å². The molecule has 0 aromatic carbocycles. The highest BCUT2D eigenvalue weighted by Crippen LogP contribution is 2.02. The van der Waals surface area contributed by atoms with Crippen molar-refractivity contribution in [3.8, 4) is 0 Å². The van der Waals surface area contributed by atoms with E-state index >= 15 is 0 Å². The van der Waals surface area contributed by atoms with E-state index in [0.29, 0.717) is 0 Å². The van der Waals surface area contributed by atoms with Crippen molar-refractivity contribution in [3.63, 3.8) is 0 Å². The minimum absolute atomic E-state index is 0.0847. The van der Waals surface area contributed by atoms with Gasteiger partial charge in [-0.25, -0.2) is 0 Å². The molecule has 0 aliphatic carbocycles. The molecule has 0 saturated carbocycles. The molecule has 1 rings (SSSR count). The summed E-state index contributed by atoms with van der Waals surface area (Å²) in [7, 11) is 3.95. The van der Waals surface area contributed by atoms with Gasteiger partial charge in [-0.1, -0.05) is 0 Å². The summed E-state index contributed by atoms with van der Waals surface area (Å²) in [6, 6.07) is 0. The van der Waals surface area contributed by atoms with Crippen LogP contribution in [0.4, 0.5) is 0 Å². The van der Waals surface area contributed by atoms with Gasteiger partial charge in [-0.15, -0.1) is 0 Å². The Hall–Kier alpha value is -0.160. The normalized spacial score (nSPS) is 20.2. The van der Waals surface area contributed by atoms with Gasteiger partial charge in [0.1, 0.15) is 0 Å². The number of piperazine rings is 1. The molecule has 4 heteroatoms. The first kappa shape index (κ1) is 13.9.